The smallest absolute Gasteiger partial charge is 0.0994 e. The van der Waals surface area contributed by atoms with Gasteiger partial charge in [0.15, 0.2) is 0 Å². The first kappa shape index (κ1) is 9.64. The molecule has 0 saturated carbocycles. The van der Waals surface area contributed by atoms with Crippen molar-refractivity contribution >= 4 is 11.3 Å². The van der Waals surface area contributed by atoms with Gasteiger partial charge < -0.3 is 10.8 Å². The van der Waals surface area contributed by atoms with Crippen molar-refractivity contribution in [3.63, 3.8) is 0 Å². The summed E-state index contributed by atoms with van der Waals surface area (Å²) in [5.41, 5.74) is 6.56. The Morgan fingerprint density at radius 3 is 2.92 bits per heavy atom. The molecule has 0 fully saturated rings. The molecule has 0 aromatic carbocycles. The summed E-state index contributed by atoms with van der Waals surface area (Å²) in [4.78, 5) is 4.35. The second kappa shape index (κ2) is 4.54. The van der Waals surface area contributed by atoms with Gasteiger partial charge in [-0.3, -0.25) is 0 Å². The molecular formula is C8H14N2OS. The number of nitrogens with zero attached hydrogens (tertiary/aromatic N) is 1. The van der Waals surface area contributed by atoms with E-state index in [1.54, 1.807) is 11.3 Å². The van der Waals surface area contributed by atoms with Crippen molar-refractivity contribution in [3.05, 3.63) is 16.1 Å². The molecule has 1 aromatic heterocycles. The minimum Gasteiger partial charge on any atom is -0.396 e. The molecule has 0 radical (unpaired) electrons. The molecule has 0 aliphatic rings. The van der Waals surface area contributed by atoms with E-state index in [2.05, 4.69) is 11.9 Å². The third-order valence-corrected chi connectivity index (χ3v) is 2.84. The zero-order valence-electron chi connectivity index (χ0n) is 7.16. The van der Waals surface area contributed by atoms with E-state index in [9.17, 15) is 0 Å². The number of aryl methyl sites for hydroxylation is 1. The number of nitrogens with two attached hydrogens (primary N) is 1. The predicted molar refractivity (Wildman–Crippen MR) is 50.4 cm³/mol. The van der Waals surface area contributed by atoms with Crippen molar-refractivity contribution in [3.8, 4) is 0 Å². The Hall–Kier alpha value is -0.450. The summed E-state index contributed by atoms with van der Waals surface area (Å²) in [7, 11) is 0. The number of aliphatic hydroxyl groups is 1. The quantitative estimate of drug-likeness (QED) is 0.729. The van der Waals surface area contributed by atoms with Gasteiger partial charge in [0.1, 0.15) is 0 Å². The maximum absolute atomic E-state index is 8.95. The fraction of sp³-hybridized carbons (Fsp3) is 0.625. The third kappa shape index (κ3) is 2.03. The minimum absolute atomic E-state index is 0.0234. The van der Waals surface area contributed by atoms with Crippen molar-refractivity contribution in [2.24, 2.45) is 5.73 Å². The lowest BCUT2D eigenvalue weighted by Gasteiger charge is -2.05. The van der Waals surface area contributed by atoms with E-state index in [1.165, 1.54) is 0 Å². The van der Waals surface area contributed by atoms with Gasteiger partial charge in [0.2, 0.25) is 0 Å². The Balaban J connectivity index is 2.72. The van der Waals surface area contributed by atoms with E-state index in [0.29, 0.717) is 6.54 Å². The number of aliphatic hydroxyl groups excluding tert-OH is 1. The van der Waals surface area contributed by atoms with E-state index in [1.807, 2.05) is 5.38 Å². The van der Waals surface area contributed by atoms with Crippen molar-refractivity contribution in [1.29, 1.82) is 0 Å². The van der Waals surface area contributed by atoms with Gasteiger partial charge in [0.25, 0.3) is 0 Å². The second-order valence-corrected chi connectivity index (χ2v) is 3.54. The summed E-state index contributed by atoms with van der Waals surface area (Å²) >= 11 is 1.58. The molecule has 68 valence electrons. The largest absolute Gasteiger partial charge is 0.396 e. The van der Waals surface area contributed by atoms with E-state index in [0.717, 1.165) is 17.1 Å². The lowest BCUT2D eigenvalue weighted by atomic mass is 10.2. The molecule has 12 heavy (non-hydrogen) atoms. The van der Waals surface area contributed by atoms with Gasteiger partial charge in [-0.2, -0.15) is 0 Å². The summed E-state index contributed by atoms with van der Waals surface area (Å²) in [6, 6.07) is 0. The molecule has 1 atom stereocenters. The number of rotatable bonds is 4. The molecule has 0 bridgehead atoms. The Kier molecular flexibility index (Phi) is 3.65. The molecule has 0 amide bonds. The molecule has 0 aliphatic carbocycles. The second-order valence-electron chi connectivity index (χ2n) is 2.65. The molecule has 1 rings (SSSR count). The highest BCUT2D eigenvalue weighted by molar-refractivity contribution is 7.09. The molecule has 0 saturated heterocycles. The first-order valence-electron chi connectivity index (χ1n) is 4.07. The van der Waals surface area contributed by atoms with E-state index in [-0.39, 0.29) is 12.5 Å². The Labute approximate surface area is 76.3 Å². The van der Waals surface area contributed by atoms with Crippen molar-refractivity contribution in [1.82, 2.24) is 4.98 Å². The van der Waals surface area contributed by atoms with Crippen LogP contribution in [0.15, 0.2) is 5.38 Å². The molecule has 4 heteroatoms. The Morgan fingerprint density at radius 2 is 2.50 bits per heavy atom. The van der Waals surface area contributed by atoms with Crippen LogP contribution in [0.2, 0.25) is 0 Å². The van der Waals surface area contributed by atoms with Crippen LogP contribution in [0.3, 0.4) is 0 Å². The fourth-order valence-electron chi connectivity index (χ4n) is 0.926. The first-order valence-corrected chi connectivity index (χ1v) is 4.95. The van der Waals surface area contributed by atoms with Crippen LogP contribution in [0.4, 0.5) is 0 Å². The van der Waals surface area contributed by atoms with Gasteiger partial charge in [-0.25, -0.2) is 4.98 Å². The fourth-order valence-corrected chi connectivity index (χ4v) is 1.94. The normalized spacial score (nSPS) is 13.2. The molecule has 1 unspecified atom stereocenters. The van der Waals surface area contributed by atoms with E-state index >= 15 is 0 Å². The SMILES string of the molecule is CCc1csc(C(CN)CO)n1. The molecule has 3 nitrogen and oxygen atoms in total. The van der Waals surface area contributed by atoms with Crippen molar-refractivity contribution in [2.75, 3.05) is 13.2 Å². The van der Waals surface area contributed by atoms with E-state index in [4.69, 9.17) is 10.8 Å². The monoisotopic (exact) mass is 186 g/mol. The first-order chi connectivity index (χ1) is 5.81. The van der Waals surface area contributed by atoms with Gasteiger partial charge in [-0.15, -0.1) is 11.3 Å². The number of hydrogen-bond acceptors (Lipinski definition) is 4. The van der Waals surface area contributed by atoms with E-state index < -0.39 is 0 Å². The molecule has 1 aromatic rings. The topological polar surface area (TPSA) is 59.1 Å². The Morgan fingerprint density at radius 1 is 1.75 bits per heavy atom. The molecule has 3 N–H and O–H groups in total. The minimum atomic E-state index is 0.0234. The highest BCUT2D eigenvalue weighted by Crippen LogP contribution is 2.19. The van der Waals surface area contributed by atoms with Crippen LogP contribution in [0, 0.1) is 0 Å². The number of hydrogen-bond donors (Lipinski definition) is 2. The van der Waals surface area contributed by atoms with Crippen LogP contribution < -0.4 is 5.73 Å². The van der Waals surface area contributed by atoms with Crippen LogP contribution >= 0.6 is 11.3 Å². The van der Waals surface area contributed by atoms with Crippen LogP contribution in [-0.4, -0.2) is 23.2 Å². The zero-order chi connectivity index (χ0) is 8.97. The molecule has 1 heterocycles. The maximum atomic E-state index is 8.95. The summed E-state index contributed by atoms with van der Waals surface area (Å²) in [6.45, 7) is 2.62. The van der Waals surface area contributed by atoms with Crippen LogP contribution in [0.5, 0.6) is 0 Å². The summed E-state index contributed by atoms with van der Waals surface area (Å²) in [6.07, 6.45) is 0.944. The molecule has 0 spiro atoms. The van der Waals surface area contributed by atoms with Gasteiger partial charge in [0, 0.05) is 17.8 Å². The summed E-state index contributed by atoms with van der Waals surface area (Å²) in [5, 5.41) is 11.9. The standard InChI is InChI=1S/C8H14N2OS/c1-2-7-5-12-8(10-7)6(3-9)4-11/h5-6,11H,2-4,9H2,1H3. The predicted octanol–water partition coefficient (Wildman–Crippen LogP) is 0.740. The van der Waals surface area contributed by atoms with Crippen LogP contribution in [-0.2, 0) is 6.42 Å². The highest BCUT2D eigenvalue weighted by Gasteiger charge is 2.11. The zero-order valence-corrected chi connectivity index (χ0v) is 7.97. The highest BCUT2D eigenvalue weighted by atomic mass is 32.1. The van der Waals surface area contributed by atoms with Crippen LogP contribution in [0.1, 0.15) is 23.5 Å². The Bertz CT molecular complexity index is 233. The van der Waals surface area contributed by atoms with Gasteiger partial charge in [-0.1, -0.05) is 6.92 Å². The maximum Gasteiger partial charge on any atom is 0.0994 e. The number of thiazole rings is 1. The third-order valence-electron chi connectivity index (χ3n) is 1.79. The molecular weight excluding hydrogens is 172 g/mol. The van der Waals surface area contributed by atoms with Crippen molar-refractivity contribution < 1.29 is 5.11 Å². The van der Waals surface area contributed by atoms with Gasteiger partial charge in [-0.05, 0) is 6.42 Å². The van der Waals surface area contributed by atoms with Crippen molar-refractivity contribution in [2.45, 2.75) is 19.3 Å². The van der Waals surface area contributed by atoms with Gasteiger partial charge >= 0.3 is 0 Å². The average molecular weight is 186 g/mol. The average Bonchev–Trinajstić information content (AvgIpc) is 2.55. The molecule has 0 aliphatic heterocycles. The van der Waals surface area contributed by atoms with Crippen LogP contribution in [0.25, 0.3) is 0 Å². The lowest BCUT2D eigenvalue weighted by Crippen LogP contribution is -2.15. The number of aromatic nitrogens is 1. The summed E-state index contributed by atoms with van der Waals surface area (Å²) < 4.78 is 0. The lowest BCUT2D eigenvalue weighted by molar-refractivity contribution is 0.267. The van der Waals surface area contributed by atoms with Gasteiger partial charge in [0.05, 0.1) is 17.3 Å². The summed E-state index contributed by atoms with van der Waals surface area (Å²) in [5.74, 6) is 0.0234.